The van der Waals surface area contributed by atoms with E-state index in [0.717, 1.165) is 10.4 Å². The first-order valence-electron chi connectivity index (χ1n) is 8.62. The third kappa shape index (κ3) is 3.15. The molecule has 1 amide bonds. The molecule has 0 unspecified atom stereocenters. The minimum Gasteiger partial charge on any atom is -0.335 e. The van der Waals surface area contributed by atoms with Crippen LogP contribution in [0, 0.1) is 32.1 Å². The van der Waals surface area contributed by atoms with Gasteiger partial charge >= 0.3 is 0 Å². The van der Waals surface area contributed by atoms with Crippen LogP contribution >= 0.6 is 11.3 Å². The van der Waals surface area contributed by atoms with Gasteiger partial charge in [-0.3, -0.25) is 4.79 Å². The van der Waals surface area contributed by atoms with E-state index in [2.05, 4.69) is 27.6 Å². The number of hydrogen-bond acceptors (Lipinski definition) is 6. The number of nitriles is 1. The van der Waals surface area contributed by atoms with Crippen LogP contribution in [-0.2, 0) is 0 Å². The molecule has 3 heterocycles. The summed E-state index contributed by atoms with van der Waals surface area (Å²) in [5.41, 5.74) is 4.03. The average molecular weight is 388 g/mol. The van der Waals surface area contributed by atoms with Crippen LogP contribution in [0.25, 0.3) is 22.4 Å². The largest absolute Gasteiger partial charge is 0.335 e. The maximum absolute atomic E-state index is 13.1. The van der Waals surface area contributed by atoms with Crippen molar-refractivity contribution in [2.24, 2.45) is 0 Å². The molecule has 28 heavy (non-hydrogen) atoms. The Morgan fingerprint density at radius 1 is 1.21 bits per heavy atom. The molecule has 3 aromatic heterocycles. The fraction of sp³-hybridized carbons (Fsp3) is 0.143. The Morgan fingerprint density at radius 2 is 2.04 bits per heavy atom. The summed E-state index contributed by atoms with van der Waals surface area (Å²) < 4.78 is 5.35. The summed E-state index contributed by atoms with van der Waals surface area (Å²) >= 11 is 1.68. The van der Waals surface area contributed by atoms with Crippen molar-refractivity contribution in [2.75, 3.05) is 5.32 Å². The van der Waals surface area contributed by atoms with Gasteiger partial charge in [0.2, 0.25) is 0 Å². The maximum atomic E-state index is 13.1. The normalized spacial score (nSPS) is 10.8. The molecule has 0 saturated heterocycles. The van der Waals surface area contributed by atoms with Gasteiger partial charge in [-0.25, -0.2) is 4.98 Å². The van der Waals surface area contributed by atoms with Crippen molar-refractivity contribution >= 4 is 34.0 Å². The number of carbonyl (C=O) groups excluding carboxylic acids is 1. The third-order valence-corrected chi connectivity index (χ3v) is 5.39. The second-order valence-corrected chi connectivity index (χ2v) is 7.94. The van der Waals surface area contributed by atoms with Crippen LogP contribution in [-0.4, -0.2) is 16.0 Å². The molecule has 0 aliphatic rings. The minimum absolute atomic E-state index is 0.306. The third-order valence-electron chi connectivity index (χ3n) is 4.43. The van der Waals surface area contributed by atoms with Crippen molar-refractivity contribution in [1.82, 2.24) is 10.1 Å². The summed E-state index contributed by atoms with van der Waals surface area (Å²) in [6.45, 7) is 5.84. The molecule has 0 fully saturated rings. The fourth-order valence-corrected chi connectivity index (χ4v) is 4.10. The molecule has 1 N–H and O–H groups in total. The number of amides is 1. The lowest BCUT2D eigenvalue weighted by molar-refractivity contribution is 0.102. The number of thiophene rings is 1. The zero-order chi connectivity index (χ0) is 19.8. The Morgan fingerprint density at radius 3 is 2.75 bits per heavy atom. The van der Waals surface area contributed by atoms with E-state index in [1.54, 1.807) is 48.6 Å². The quantitative estimate of drug-likeness (QED) is 0.533. The molecule has 1 aromatic carbocycles. The van der Waals surface area contributed by atoms with Crippen LogP contribution in [0.15, 0.2) is 40.9 Å². The highest BCUT2D eigenvalue weighted by molar-refractivity contribution is 7.12. The number of nitrogens with zero attached hydrogens (tertiary/aromatic N) is 3. The highest BCUT2D eigenvalue weighted by atomic mass is 32.1. The predicted molar refractivity (Wildman–Crippen MR) is 108 cm³/mol. The van der Waals surface area contributed by atoms with Crippen LogP contribution in [0.3, 0.4) is 0 Å². The zero-order valence-electron chi connectivity index (χ0n) is 15.5. The van der Waals surface area contributed by atoms with Crippen molar-refractivity contribution in [3.8, 4) is 17.3 Å². The van der Waals surface area contributed by atoms with Crippen molar-refractivity contribution in [3.63, 3.8) is 0 Å². The number of anilines is 1. The van der Waals surface area contributed by atoms with Gasteiger partial charge in [0.1, 0.15) is 0 Å². The molecule has 138 valence electrons. The lowest BCUT2D eigenvalue weighted by atomic mass is 10.1. The minimum atomic E-state index is -0.306. The molecule has 4 rings (SSSR count). The van der Waals surface area contributed by atoms with E-state index in [9.17, 15) is 4.79 Å². The van der Waals surface area contributed by atoms with E-state index < -0.39 is 0 Å². The molecule has 0 spiro atoms. The Bertz CT molecular complexity index is 1260. The Labute approximate surface area is 165 Å². The van der Waals surface area contributed by atoms with Gasteiger partial charge in [0.15, 0.2) is 0 Å². The lowest BCUT2D eigenvalue weighted by Gasteiger charge is -2.08. The summed E-state index contributed by atoms with van der Waals surface area (Å²) in [4.78, 5) is 19.9. The standard InChI is InChI=1S/C21H16N4O2S/c1-11-7-16(13(3)28-11)18-9-17(19-12(2)25-27-21(19)24-18)20(26)23-15-6-4-5-14(8-15)10-22/h4-9H,1-3H3,(H,23,26). The van der Waals surface area contributed by atoms with Crippen LogP contribution in [0.2, 0.25) is 0 Å². The first-order chi connectivity index (χ1) is 13.5. The Kier molecular flexibility index (Phi) is 4.41. The van der Waals surface area contributed by atoms with Crippen molar-refractivity contribution < 1.29 is 9.32 Å². The number of aromatic nitrogens is 2. The van der Waals surface area contributed by atoms with Crippen molar-refractivity contribution in [1.29, 1.82) is 5.26 Å². The fourth-order valence-electron chi connectivity index (χ4n) is 3.16. The number of aryl methyl sites for hydroxylation is 3. The van der Waals surface area contributed by atoms with Crippen LogP contribution < -0.4 is 5.32 Å². The molecule has 0 saturated carbocycles. The van der Waals surface area contributed by atoms with Gasteiger partial charge in [0.05, 0.1) is 34.0 Å². The second-order valence-electron chi connectivity index (χ2n) is 6.48. The molecule has 4 aromatic rings. The number of carbonyl (C=O) groups is 1. The zero-order valence-corrected chi connectivity index (χ0v) is 16.3. The lowest BCUT2D eigenvalue weighted by Crippen LogP contribution is -2.13. The summed E-state index contributed by atoms with van der Waals surface area (Å²) in [7, 11) is 0. The number of hydrogen-bond donors (Lipinski definition) is 1. The number of benzene rings is 1. The van der Waals surface area contributed by atoms with Gasteiger partial charge in [-0.05, 0) is 51.1 Å². The summed E-state index contributed by atoms with van der Waals surface area (Å²) in [6, 6.07) is 12.7. The molecule has 0 aliphatic heterocycles. The van der Waals surface area contributed by atoms with Crippen molar-refractivity contribution in [2.45, 2.75) is 20.8 Å². The van der Waals surface area contributed by atoms with Gasteiger partial charge in [-0.1, -0.05) is 11.2 Å². The molecule has 7 heteroatoms. The van der Waals surface area contributed by atoms with Gasteiger partial charge < -0.3 is 9.84 Å². The monoisotopic (exact) mass is 388 g/mol. The number of fused-ring (bicyclic) bond motifs is 1. The van der Waals surface area contributed by atoms with E-state index >= 15 is 0 Å². The topological polar surface area (TPSA) is 91.8 Å². The van der Waals surface area contributed by atoms with Gasteiger partial charge in [-0.2, -0.15) is 5.26 Å². The molecular weight excluding hydrogens is 372 g/mol. The van der Waals surface area contributed by atoms with E-state index in [1.165, 1.54) is 4.88 Å². The number of nitrogens with one attached hydrogen (secondary N) is 1. The predicted octanol–water partition coefficient (Wildman–Crippen LogP) is 5.00. The Hall–Kier alpha value is -3.50. The van der Waals surface area contributed by atoms with E-state index in [-0.39, 0.29) is 5.91 Å². The maximum Gasteiger partial charge on any atom is 0.259 e. The van der Waals surface area contributed by atoms with Gasteiger partial charge in [-0.15, -0.1) is 11.3 Å². The van der Waals surface area contributed by atoms with Crippen LogP contribution in [0.4, 0.5) is 5.69 Å². The first kappa shape index (κ1) is 17.9. The number of pyridine rings is 1. The Balaban J connectivity index is 1.82. The van der Waals surface area contributed by atoms with E-state index in [0.29, 0.717) is 39.3 Å². The molecular formula is C21H16N4O2S. The van der Waals surface area contributed by atoms with Crippen molar-refractivity contribution in [3.05, 3.63) is 63.0 Å². The SMILES string of the molecule is Cc1cc(-c2cc(C(=O)Nc3cccc(C#N)c3)c3c(C)noc3n2)c(C)s1. The summed E-state index contributed by atoms with van der Waals surface area (Å²) in [6.07, 6.45) is 0. The molecule has 0 aliphatic carbocycles. The molecule has 0 radical (unpaired) electrons. The first-order valence-corrected chi connectivity index (χ1v) is 9.44. The van der Waals surface area contributed by atoms with E-state index in [1.807, 2.05) is 13.8 Å². The van der Waals surface area contributed by atoms with E-state index in [4.69, 9.17) is 9.78 Å². The average Bonchev–Trinajstić information content (AvgIpc) is 3.22. The smallest absolute Gasteiger partial charge is 0.259 e. The molecule has 0 bridgehead atoms. The highest BCUT2D eigenvalue weighted by Gasteiger charge is 2.20. The van der Waals surface area contributed by atoms with Crippen LogP contribution in [0.5, 0.6) is 0 Å². The molecule has 6 nitrogen and oxygen atoms in total. The van der Waals surface area contributed by atoms with Crippen LogP contribution in [0.1, 0.15) is 31.4 Å². The number of rotatable bonds is 3. The molecule has 0 atom stereocenters. The van der Waals surface area contributed by atoms with Gasteiger partial charge in [0, 0.05) is 21.0 Å². The second kappa shape index (κ2) is 6.91. The summed E-state index contributed by atoms with van der Waals surface area (Å²) in [5, 5.41) is 16.5. The highest BCUT2D eigenvalue weighted by Crippen LogP contribution is 2.33. The summed E-state index contributed by atoms with van der Waals surface area (Å²) in [5.74, 6) is -0.306. The van der Waals surface area contributed by atoms with Gasteiger partial charge in [0.25, 0.3) is 11.6 Å².